The minimum atomic E-state index is -0.813. The molecule has 45 heavy (non-hydrogen) atoms. The molecular weight excluding hydrogens is 566 g/mol. The van der Waals surface area contributed by atoms with E-state index in [9.17, 15) is 14.7 Å². The number of carbonyl (C=O) groups is 2. The van der Waals surface area contributed by atoms with Gasteiger partial charge in [0.05, 0.1) is 25.6 Å². The number of fused-ring (bicyclic) bond motifs is 1. The molecule has 8 heteroatoms. The molecule has 2 heterocycles. The van der Waals surface area contributed by atoms with E-state index in [2.05, 4.69) is 60.6 Å². The standard InChI is InChI=1S/C37H41N3O5/c1-4-25-20-24(12-15-31(25)26-16-18-39(19-17-26)37(42)43)21-29-14-13-27-8-7-11-32(34(27)29)28-9-6-10-30(22-28)40-35(44-3)33(23-38-40)36(41)45-5-2/h6-12,15,20,22-23,26,29H,4-5,13-14,16-19,21H2,1-3H3,(H,42,43)/t29-/m1/s1. The number of likely N-dealkylation sites (tertiary alicyclic amines) is 1. The summed E-state index contributed by atoms with van der Waals surface area (Å²) in [6.45, 7) is 5.48. The van der Waals surface area contributed by atoms with Gasteiger partial charge in [0.1, 0.15) is 5.56 Å². The predicted octanol–water partition coefficient (Wildman–Crippen LogP) is 7.42. The number of carboxylic acid groups (broad SMARTS) is 1. The molecule has 3 aromatic carbocycles. The molecule has 0 spiro atoms. The summed E-state index contributed by atoms with van der Waals surface area (Å²) in [7, 11) is 1.54. The van der Waals surface area contributed by atoms with Gasteiger partial charge in [-0.3, -0.25) is 0 Å². The monoisotopic (exact) mass is 607 g/mol. The van der Waals surface area contributed by atoms with Crippen LogP contribution in [-0.2, 0) is 24.0 Å². The van der Waals surface area contributed by atoms with Crippen molar-refractivity contribution in [3.63, 3.8) is 0 Å². The molecular formula is C37H41N3O5. The minimum absolute atomic E-state index is 0.279. The zero-order chi connectivity index (χ0) is 31.5. The van der Waals surface area contributed by atoms with Gasteiger partial charge in [-0.1, -0.05) is 55.5 Å². The van der Waals surface area contributed by atoms with Gasteiger partial charge in [0.2, 0.25) is 5.88 Å². The van der Waals surface area contributed by atoms with Crippen LogP contribution in [-0.4, -0.2) is 58.7 Å². The molecule has 1 aliphatic heterocycles. The quantitative estimate of drug-likeness (QED) is 0.199. The Labute approximate surface area is 264 Å². The number of ether oxygens (including phenoxy) is 2. The van der Waals surface area contributed by atoms with Gasteiger partial charge in [0, 0.05) is 13.1 Å². The molecule has 2 aliphatic rings. The van der Waals surface area contributed by atoms with E-state index in [-0.39, 0.29) is 6.61 Å². The molecule has 6 rings (SSSR count). The highest BCUT2D eigenvalue weighted by Gasteiger charge is 2.28. The average Bonchev–Trinajstić information content (AvgIpc) is 3.69. The number of aryl methyl sites for hydroxylation is 2. The molecule has 0 saturated carbocycles. The summed E-state index contributed by atoms with van der Waals surface area (Å²) in [6, 6.07) is 21.8. The lowest BCUT2D eigenvalue weighted by Crippen LogP contribution is -2.37. The van der Waals surface area contributed by atoms with E-state index >= 15 is 0 Å². The number of rotatable bonds is 9. The summed E-state index contributed by atoms with van der Waals surface area (Å²) in [6.07, 6.45) is 6.56. The largest absolute Gasteiger partial charge is 0.480 e. The Bertz CT molecular complexity index is 1700. The molecule has 4 aromatic rings. The number of nitrogens with zero attached hydrogens (tertiary/aromatic N) is 3. The lowest BCUT2D eigenvalue weighted by Gasteiger charge is -2.31. The van der Waals surface area contributed by atoms with Gasteiger partial charge in [-0.15, -0.1) is 0 Å². The molecule has 1 aliphatic carbocycles. The van der Waals surface area contributed by atoms with Crippen LogP contribution in [0.3, 0.4) is 0 Å². The Balaban J connectivity index is 1.26. The van der Waals surface area contributed by atoms with Gasteiger partial charge in [0.15, 0.2) is 0 Å². The maximum Gasteiger partial charge on any atom is 0.407 e. The zero-order valence-corrected chi connectivity index (χ0v) is 26.3. The Morgan fingerprint density at radius 2 is 1.80 bits per heavy atom. The number of esters is 1. The van der Waals surface area contributed by atoms with E-state index in [0.717, 1.165) is 49.8 Å². The number of benzene rings is 3. The summed E-state index contributed by atoms with van der Waals surface area (Å²) in [4.78, 5) is 25.4. The zero-order valence-electron chi connectivity index (χ0n) is 26.3. The summed E-state index contributed by atoms with van der Waals surface area (Å²) < 4.78 is 12.4. The van der Waals surface area contributed by atoms with E-state index in [1.165, 1.54) is 51.6 Å². The maximum absolute atomic E-state index is 12.5. The predicted molar refractivity (Wildman–Crippen MR) is 174 cm³/mol. The van der Waals surface area contributed by atoms with Crippen molar-refractivity contribution in [3.8, 4) is 22.7 Å². The Morgan fingerprint density at radius 3 is 2.53 bits per heavy atom. The molecule has 1 fully saturated rings. The molecule has 1 amide bonds. The molecule has 1 N–H and O–H groups in total. The highest BCUT2D eigenvalue weighted by molar-refractivity contribution is 5.92. The van der Waals surface area contributed by atoms with Gasteiger partial charge < -0.3 is 19.5 Å². The van der Waals surface area contributed by atoms with E-state index in [4.69, 9.17) is 9.47 Å². The van der Waals surface area contributed by atoms with E-state index in [1.54, 1.807) is 11.6 Å². The summed E-state index contributed by atoms with van der Waals surface area (Å²) in [5.41, 5.74) is 10.4. The number of amides is 1. The first kappa shape index (κ1) is 30.4. The van der Waals surface area contributed by atoms with Crippen molar-refractivity contribution in [2.24, 2.45) is 0 Å². The first-order valence-corrected chi connectivity index (χ1v) is 16.0. The first-order chi connectivity index (χ1) is 21.9. The second-order valence-corrected chi connectivity index (χ2v) is 12.0. The summed E-state index contributed by atoms with van der Waals surface area (Å²) >= 11 is 0. The Kier molecular flexibility index (Phi) is 8.92. The molecule has 1 aromatic heterocycles. The van der Waals surface area contributed by atoms with Crippen molar-refractivity contribution in [3.05, 3.63) is 100 Å². The van der Waals surface area contributed by atoms with Crippen LogP contribution >= 0.6 is 0 Å². The topological polar surface area (TPSA) is 93.9 Å². The summed E-state index contributed by atoms with van der Waals surface area (Å²) in [5.74, 6) is 0.717. The third-order valence-corrected chi connectivity index (χ3v) is 9.46. The van der Waals surface area contributed by atoms with Gasteiger partial charge in [-0.25, -0.2) is 14.3 Å². The number of carbonyl (C=O) groups excluding carboxylic acids is 1. The van der Waals surface area contributed by atoms with Gasteiger partial charge >= 0.3 is 12.1 Å². The SMILES string of the molecule is CCOC(=O)c1cnn(-c2cccc(-c3cccc4c3[C@@H](Cc3ccc(C5CCN(C(=O)O)CC5)c(CC)c3)CC4)c2)c1OC. The minimum Gasteiger partial charge on any atom is -0.480 e. The molecule has 8 nitrogen and oxygen atoms in total. The van der Waals surface area contributed by atoms with Crippen LogP contribution in [0.4, 0.5) is 4.79 Å². The number of hydrogen-bond donors (Lipinski definition) is 1. The van der Waals surface area contributed by atoms with E-state index < -0.39 is 12.1 Å². The van der Waals surface area contributed by atoms with Crippen molar-refractivity contribution in [2.45, 2.75) is 64.2 Å². The highest BCUT2D eigenvalue weighted by atomic mass is 16.5. The lowest BCUT2D eigenvalue weighted by molar-refractivity contribution is 0.0522. The van der Waals surface area contributed by atoms with Crippen molar-refractivity contribution >= 4 is 12.1 Å². The molecule has 0 bridgehead atoms. The Morgan fingerprint density at radius 1 is 1.00 bits per heavy atom. The van der Waals surface area contributed by atoms with Crippen LogP contribution in [0.2, 0.25) is 0 Å². The van der Waals surface area contributed by atoms with Crippen molar-refractivity contribution in [1.82, 2.24) is 14.7 Å². The fourth-order valence-electron chi connectivity index (χ4n) is 7.27. The maximum atomic E-state index is 12.5. The third kappa shape index (κ3) is 6.06. The smallest absolute Gasteiger partial charge is 0.407 e. The van der Waals surface area contributed by atoms with Gasteiger partial charge in [-0.05, 0) is 108 Å². The second-order valence-electron chi connectivity index (χ2n) is 12.0. The van der Waals surface area contributed by atoms with Crippen LogP contribution < -0.4 is 4.74 Å². The molecule has 0 radical (unpaired) electrons. The number of piperidine rings is 1. The van der Waals surface area contributed by atoms with Crippen molar-refractivity contribution in [2.75, 3.05) is 26.8 Å². The average molecular weight is 608 g/mol. The molecule has 1 atom stereocenters. The van der Waals surface area contributed by atoms with Crippen LogP contribution in [0.15, 0.2) is 66.9 Å². The molecule has 1 saturated heterocycles. The number of aromatic nitrogens is 2. The lowest BCUT2D eigenvalue weighted by atomic mass is 9.83. The molecule has 234 valence electrons. The van der Waals surface area contributed by atoms with Crippen molar-refractivity contribution < 1.29 is 24.2 Å². The van der Waals surface area contributed by atoms with Crippen LogP contribution in [0.25, 0.3) is 16.8 Å². The molecule has 0 unspecified atom stereocenters. The van der Waals surface area contributed by atoms with Crippen molar-refractivity contribution in [1.29, 1.82) is 0 Å². The third-order valence-electron chi connectivity index (χ3n) is 9.46. The normalized spacial score (nSPS) is 16.4. The van der Waals surface area contributed by atoms with Gasteiger partial charge in [-0.2, -0.15) is 5.10 Å². The van der Waals surface area contributed by atoms with Crippen LogP contribution in [0.5, 0.6) is 5.88 Å². The fraction of sp³-hybridized carbons (Fsp3) is 0.378. The summed E-state index contributed by atoms with van der Waals surface area (Å²) in [5, 5.41) is 13.8. The van der Waals surface area contributed by atoms with E-state index in [0.29, 0.717) is 36.4 Å². The first-order valence-electron chi connectivity index (χ1n) is 16.0. The van der Waals surface area contributed by atoms with E-state index in [1.807, 2.05) is 12.1 Å². The number of methoxy groups -OCH3 is 1. The second kappa shape index (κ2) is 13.2. The number of hydrogen-bond acceptors (Lipinski definition) is 5. The fourth-order valence-corrected chi connectivity index (χ4v) is 7.27. The highest BCUT2D eigenvalue weighted by Crippen LogP contribution is 2.43. The Hall–Kier alpha value is -4.59. The van der Waals surface area contributed by atoms with Crippen LogP contribution in [0, 0.1) is 0 Å². The van der Waals surface area contributed by atoms with Crippen LogP contribution in [0.1, 0.15) is 83.1 Å². The van der Waals surface area contributed by atoms with Gasteiger partial charge in [0.25, 0.3) is 0 Å².